The van der Waals surface area contributed by atoms with Crippen molar-refractivity contribution >= 4 is 17.6 Å². The van der Waals surface area contributed by atoms with Gasteiger partial charge in [0.2, 0.25) is 0 Å². The molecule has 1 aliphatic rings. The Kier molecular flexibility index (Phi) is 4.84. The fraction of sp³-hybridized carbons (Fsp3) is 0.150. The number of cyclic esters (lactones) is 1. The molecule has 0 fully saturated rings. The van der Waals surface area contributed by atoms with Crippen LogP contribution in [0, 0.1) is 0 Å². The molecule has 0 aromatic heterocycles. The van der Waals surface area contributed by atoms with E-state index in [1.165, 1.54) is 27.4 Å². The third-order valence-electron chi connectivity index (χ3n) is 3.96. The molecule has 1 aliphatic heterocycles. The zero-order valence-electron chi connectivity index (χ0n) is 14.6. The lowest BCUT2D eigenvalue weighted by molar-refractivity contribution is -0.131. The average molecular weight is 354 g/mol. The minimum absolute atomic E-state index is 0.0411. The molecule has 0 amide bonds. The summed E-state index contributed by atoms with van der Waals surface area (Å²) in [6.45, 7) is 0. The third-order valence-corrected chi connectivity index (χ3v) is 3.96. The normalized spacial score (nSPS) is 15.2. The molecule has 0 spiro atoms. The lowest BCUT2D eigenvalue weighted by atomic mass is 10.0. The van der Waals surface area contributed by atoms with Crippen molar-refractivity contribution in [2.75, 3.05) is 21.3 Å². The summed E-state index contributed by atoms with van der Waals surface area (Å²) in [4.78, 5) is 12.2. The van der Waals surface area contributed by atoms with Gasteiger partial charge in [0.25, 0.3) is 0 Å². The van der Waals surface area contributed by atoms with Crippen LogP contribution in [0.1, 0.15) is 11.1 Å². The first-order valence-electron chi connectivity index (χ1n) is 7.82. The first-order valence-corrected chi connectivity index (χ1v) is 7.82. The summed E-state index contributed by atoms with van der Waals surface area (Å²) >= 11 is 0. The molecule has 0 radical (unpaired) electrons. The van der Waals surface area contributed by atoms with Gasteiger partial charge in [0.15, 0.2) is 23.0 Å². The lowest BCUT2D eigenvalue weighted by Crippen LogP contribution is -1.98. The smallest absolute Gasteiger partial charge is 0.348 e. The summed E-state index contributed by atoms with van der Waals surface area (Å²) in [5.41, 5.74) is 1.27. The number of carbonyl (C=O) groups is 1. The van der Waals surface area contributed by atoms with E-state index in [9.17, 15) is 9.90 Å². The maximum atomic E-state index is 12.2. The molecule has 1 heterocycles. The van der Waals surface area contributed by atoms with Gasteiger partial charge in [0.05, 0.1) is 21.3 Å². The zero-order chi connectivity index (χ0) is 18.7. The van der Waals surface area contributed by atoms with Crippen LogP contribution in [0.15, 0.2) is 54.0 Å². The van der Waals surface area contributed by atoms with Gasteiger partial charge in [0, 0.05) is 11.6 Å². The Morgan fingerprint density at radius 3 is 2.15 bits per heavy atom. The second-order valence-electron chi connectivity index (χ2n) is 5.44. The van der Waals surface area contributed by atoms with Crippen molar-refractivity contribution in [2.24, 2.45) is 0 Å². The maximum Gasteiger partial charge on any atom is 0.348 e. The topological polar surface area (TPSA) is 74.2 Å². The van der Waals surface area contributed by atoms with Gasteiger partial charge in [-0.15, -0.1) is 0 Å². The Labute approximate surface area is 150 Å². The van der Waals surface area contributed by atoms with Crippen LogP contribution >= 0.6 is 0 Å². The highest BCUT2D eigenvalue weighted by molar-refractivity contribution is 6.20. The van der Waals surface area contributed by atoms with E-state index in [0.717, 1.165) is 0 Å². The van der Waals surface area contributed by atoms with Gasteiger partial charge in [-0.05, 0) is 17.7 Å². The monoisotopic (exact) mass is 354 g/mol. The summed E-state index contributed by atoms with van der Waals surface area (Å²) in [6, 6.07) is 12.2. The number of rotatable bonds is 5. The van der Waals surface area contributed by atoms with Crippen molar-refractivity contribution in [1.82, 2.24) is 0 Å². The second-order valence-corrected chi connectivity index (χ2v) is 5.44. The minimum atomic E-state index is -0.612. The van der Waals surface area contributed by atoms with Crippen LogP contribution < -0.4 is 14.2 Å². The molecular formula is C20H18O6. The molecule has 2 aromatic rings. The van der Waals surface area contributed by atoms with E-state index >= 15 is 0 Å². The van der Waals surface area contributed by atoms with E-state index in [1.807, 2.05) is 6.07 Å². The average Bonchev–Trinajstić information content (AvgIpc) is 2.95. The Morgan fingerprint density at radius 2 is 1.54 bits per heavy atom. The molecule has 3 rings (SSSR count). The number of benzene rings is 2. The van der Waals surface area contributed by atoms with Crippen molar-refractivity contribution < 1.29 is 28.8 Å². The number of carbonyl (C=O) groups excluding carboxylic acids is 1. The van der Waals surface area contributed by atoms with Crippen molar-refractivity contribution in [2.45, 2.75) is 0 Å². The van der Waals surface area contributed by atoms with Crippen LogP contribution in [-0.4, -0.2) is 32.4 Å². The lowest BCUT2D eigenvalue weighted by Gasteiger charge is -2.12. The number of aliphatic hydroxyl groups is 1. The number of ether oxygens (including phenoxy) is 4. The van der Waals surface area contributed by atoms with Gasteiger partial charge in [-0.25, -0.2) is 4.79 Å². The molecule has 6 heteroatoms. The summed E-state index contributed by atoms with van der Waals surface area (Å²) < 4.78 is 21.1. The quantitative estimate of drug-likeness (QED) is 0.828. The fourth-order valence-corrected chi connectivity index (χ4v) is 2.68. The number of aliphatic hydroxyl groups excluding tert-OH is 1. The molecule has 0 aliphatic carbocycles. The highest BCUT2D eigenvalue weighted by Crippen LogP contribution is 2.38. The molecule has 0 unspecified atom stereocenters. The molecular weight excluding hydrogens is 336 g/mol. The van der Waals surface area contributed by atoms with Crippen molar-refractivity contribution in [1.29, 1.82) is 0 Å². The van der Waals surface area contributed by atoms with Crippen LogP contribution in [0.3, 0.4) is 0 Å². The largest absolute Gasteiger partial charge is 0.504 e. The predicted molar refractivity (Wildman–Crippen MR) is 96.2 cm³/mol. The summed E-state index contributed by atoms with van der Waals surface area (Å²) in [7, 11) is 4.55. The first kappa shape index (κ1) is 17.4. The predicted octanol–water partition coefficient (Wildman–Crippen LogP) is 3.58. The molecule has 26 heavy (non-hydrogen) atoms. The van der Waals surface area contributed by atoms with Crippen LogP contribution in [0.25, 0.3) is 11.6 Å². The molecule has 0 saturated heterocycles. The first-order chi connectivity index (χ1) is 12.6. The van der Waals surface area contributed by atoms with E-state index < -0.39 is 5.97 Å². The molecule has 0 saturated carbocycles. The molecule has 0 atom stereocenters. The van der Waals surface area contributed by atoms with Crippen LogP contribution in [0.2, 0.25) is 0 Å². The molecule has 2 aromatic carbocycles. The van der Waals surface area contributed by atoms with Crippen molar-refractivity contribution in [3.05, 3.63) is 65.1 Å². The van der Waals surface area contributed by atoms with E-state index in [1.54, 1.807) is 36.4 Å². The van der Waals surface area contributed by atoms with E-state index in [2.05, 4.69) is 0 Å². The fourth-order valence-electron chi connectivity index (χ4n) is 2.68. The van der Waals surface area contributed by atoms with Crippen molar-refractivity contribution in [3.63, 3.8) is 0 Å². The van der Waals surface area contributed by atoms with E-state index in [4.69, 9.17) is 18.9 Å². The third kappa shape index (κ3) is 3.09. The summed E-state index contributed by atoms with van der Waals surface area (Å²) in [5, 5.41) is 10.5. The van der Waals surface area contributed by atoms with Crippen LogP contribution in [0.4, 0.5) is 0 Å². The van der Waals surface area contributed by atoms with Gasteiger partial charge < -0.3 is 24.1 Å². The molecule has 134 valence electrons. The summed E-state index contributed by atoms with van der Waals surface area (Å²) in [5.74, 6) is 0.667. The van der Waals surface area contributed by atoms with Crippen molar-refractivity contribution in [3.8, 4) is 17.2 Å². The van der Waals surface area contributed by atoms with Gasteiger partial charge >= 0.3 is 5.97 Å². The Morgan fingerprint density at radius 1 is 0.923 bits per heavy atom. The highest BCUT2D eigenvalue weighted by atomic mass is 16.6. The van der Waals surface area contributed by atoms with Gasteiger partial charge in [-0.2, -0.15) is 0 Å². The SMILES string of the molecule is COc1cc(OC)c(OC)cc1/C=C1/OC(=O)C(c2ccccc2)=C1O. The highest BCUT2D eigenvalue weighted by Gasteiger charge is 2.31. The standard InChI is InChI=1S/C20H18O6/c1-23-14-11-16(25-3)15(24-2)9-13(14)10-17-19(21)18(20(22)26-17)12-7-5-4-6-8-12/h4-11,21H,1-3H3/b17-10+. The molecule has 1 N–H and O–H groups in total. The number of methoxy groups -OCH3 is 3. The number of hydrogen-bond donors (Lipinski definition) is 1. The molecule has 6 nitrogen and oxygen atoms in total. The second kappa shape index (κ2) is 7.23. The Hall–Kier alpha value is -3.41. The Bertz CT molecular complexity index is 896. The van der Waals surface area contributed by atoms with Crippen LogP contribution in [-0.2, 0) is 9.53 Å². The molecule has 0 bridgehead atoms. The van der Waals surface area contributed by atoms with E-state index in [-0.39, 0.29) is 17.1 Å². The number of hydrogen-bond acceptors (Lipinski definition) is 6. The Balaban J connectivity index is 2.08. The maximum absolute atomic E-state index is 12.2. The summed E-state index contributed by atoms with van der Waals surface area (Å²) in [6.07, 6.45) is 1.52. The van der Waals surface area contributed by atoms with Crippen LogP contribution in [0.5, 0.6) is 17.2 Å². The van der Waals surface area contributed by atoms with Gasteiger partial charge in [-0.1, -0.05) is 30.3 Å². The zero-order valence-corrected chi connectivity index (χ0v) is 14.6. The van der Waals surface area contributed by atoms with E-state index in [0.29, 0.717) is 28.4 Å². The van der Waals surface area contributed by atoms with Gasteiger partial charge in [-0.3, -0.25) is 0 Å². The van der Waals surface area contributed by atoms with Gasteiger partial charge in [0.1, 0.15) is 11.3 Å². The number of esters is 1. The minimum Gasteiger partial charge on any atom is -0.504 e.